The van der Waals surface area contributed by atoms with E-state index in [0.717, 1.165) is 10.9 Å². The standard InChI is InChI=1S/C13H10N4O3/c18-12(15-11-5-10(13(19)20)16-17-11)8-6-14-9-4-2-1-3-7(8)9/h1-6,14H,(H,19,20)(H2,15,16,17,18). The molecule has 0 unspecified atom stereocenters. The summed E-state index contributed by atoms with van der Waals surface area (Å²) in [4.78, 5) is 25.8. The van der Waals surface area contributed by atoms with E-state index in [9.17, 15) is 9.59 Å². The molecule has 0 spiro atoms. The third-order valence-electron chi connectivity index (χ3n) is 2.88. The minimum absolute atomic E-state index is 0.0840. The molecule has 0 aliphatic heterocycles. The first-order valence-electron chi connectivity index (χ1n) is 5.81. The first-order chi connectivity index (χ1) is 9.65. The molecule has 2 heterocycles. The van der Waals surface area contributed by atoms with Gasteiger partial charge in [0.05, 0.1) is 5.56 Å². The second-order valence-corrected chi connectivity index (χ2v) is 4.17. The number of carbonyl (C=O) groups is 2. The summed E-state index contributed by atoms with van der Waals surface area (Å²) >= 11 is 0. The average molecular weight is 270 g/mol. The first-order valence-corrected chi connectivity index (χ1v) is 5.81. The van der Waals surface area contributed by atoms with Crippen molar-refractivity contribution in [3.63, 3.8) is 0 Å². The highest BCUT2D eigenvalue weighted by molar-refractivity contribution is 6.12. The second-order valence-electron chi connectivity index (χ2n) is 4.17. The molecule has 1 amide bonds. The van der Waals surface area contributed by atoms with Crippen LogP contribution in [0, 0.1) is 0 Å². The first kappa shape index (κ1) is 12.0. The summed E-state index contributed by atoms with van der Waals surface area (Å²) in [6.45, 7) is 0. The van der Waals surface area contributed by atoms with E-state index in [-0.39, 0.29) is 17.4 Å². The minimum atomic E-state index is -1.13. The molecule has 0 aliphatic rings. The molecule has 0 radical (unpaired) electrons. The van der Waals surface area contributed by atoms with Crippen molar-refractivity contribution in [1.29, 1.82) is 0 Å². The fourth-order valence-corrected chi connectivity index (χ4v) is 1.94. The Morgan fingerprint density at radius 1 is 1.25 bits per heavy atom. The van der Waals surface area contributed by atoms with Crippen LogP contribution in [0.5, 0.6) is 0 Å². The van der Waals surface area contributed by atoms with Crippen LogP contribution in [0.1, 0.15) is 20.8 Å². The summed E-state index contributed by atoms with van der Waals surface area (Å²) in [5, 5.41) is 18.1. The molecule has 0 saturated heterocycles. The van der Waals surface area contributed by atoms with Crippen molar-refractivity contribution in [2.24, 2.45) is 0 Å². The molecule has 4 N–H and O–H groups in total. The van der Waals surface area contributed by atoms with Gasteiger partial charge < -0.3 is 15.4 Å². The number of nitrogens with zero attached hydrogens (tertiary/aromatic N) is 1. The molecule has 0 atom stereocenters. The van der Waals surface area contributed by atoms with Gasteiger partial charge in [-0.15, -0.1) is 0 Å². The Bertz CT molecular complexity index is 803. The third kappa shape index (κ3) is 2.01. The zero-order chi connectivity index (χ0) is 14.1. The van der Waals surface area contributed by atoms with Gasteiger partial charge >= 0.3 is 5.97 Å². The Kier molecular flexibility index (Phi) is 2.72. The summed E-state index contributed by atoms with van der Waals surface area (Å²) in [7, 11) is 0. The van der Waals surface area contributed by atoms with Crippen LogP contribution in [0.15, 0.2) is 36.5 Å². The average Bonchev–Trinajstić information content (AvgIpc) is 3.04. The van der Waals surface area contributed by atoms with Gasteiger partial charge in [-0.3, -0.25) is 9.89 Å². The molecule has 0 fully saturated rings. The number of nitrogens with one attached hydrogen (secondary N) is 3. The lowest BCUT2D eigenvalue weighted by molar-refractivity contribution is 0.0690. The molecule has 20 heavy (non-hydrogen) atoms. The molecule has 100 valence electrons. The number of H-pyrrole nitrogens is 2. The van der Waals surface area contributed by atoms with Gasteiger partial charge in [0.15, 0.2) is 5.82 Å². The van der Waals surface area contributed by atoms with E-state index in [1.54, 1.807) is 6.20 Å². The SMILES string of the molecule is O=C(O)c1cc(NC(=O)c2c[nH]c3ccccc23)n[nH]1. The number of carbonyl (C=O) groups excluding carboxylic acids is 1. The number of rotatable bonds is 3. The number of benzene rings is 1. The van der Waals surface area contributed by atoms with E-state index in [2.05, 4.69) is 20.5 Å². The van der Waals surface area contributed by atoms with Crippen LogP contribution in [-0.4, -0.2) is 32.2 Å². The monoisotopic (exact) mass is 270 g/mol. The third-order valence-corrected chi connectivity index (χ3v) is 2.88. The molecule has 1 aromatic carbocycles. The maximum atomic E-state index is 12.1. The normalized spacial score (nSPS) is 10.6. The van der Waals surface area contributed by atoms with Gasteiger partial charge in [-0.1, -0.05) is 18.2 Å². The number of para-hydroxylation sites is 1. The van der Waals surface area contributed by atoms with E-state index in [0.29, 0.717) is 5.56 Å². The maximum absolute atomic E-state index is 12.1. The fraction of sp³-hybridized carbons (Fsp3) is 0. The maximum Gasteiger partial charge on any atom is 0.353 e. The largest absolute Gasteiger partial charge is 0.477 e. The van der Waals surface area contributed by atoms with Gasteiger partial charge in [0, 0.05) is 23.2 Å². The van der Waals surface area contributed by atoms with Gasteiger partial charge in [-0.25, -0.2) is 4.79 Å². The quantitative estimate of drug-likeness (QED) is 0.581. The molecule has 3 rings (SSSR count). The summed E-state index contributed by atoms with van der Waals surface area (Å²) in [6, 6.07) is 8.66. The molecule has 7 heteroatoms. The van der Waals surface area contributed by atoms with Crippen molar-refractivity contribution in [2.45, 2.75) is 0 Å². The molecule has 0 saturated carbocycles. The van der Waals surface area contributed by atoms with Crippen molar-refractivity contribution < 1.29 is 14.7 Å². The van der Waals surface area contributed by atoms with Gasteiger partial charge in [-0.05, 0) is 6.07 Å². The Labute approximate surface area is 112 Å². The number of carboxylic acid groups (broad SMARTS) is 1. The van der Waals surface area contributed by atoms with Crippen LogP contribution in [0.25, 0.3) is 10.9 Å². The van der Waals surface area contributed by atoms with Gasteiger partial charge in [0.2, 0.25) is 0 Å². The number of amides is 1. The summed E-state index contributed by atoms with van der Waals surface area (Å²) in [6.07, 6.45) is 1.60. The number of aromatic nitrogens is 3. The van der Waals surface area contributed by atoms with Crippen molar-refractivity contribution in [2.75, 3.05) is 5.32 Å². The Balaban J connectivity index is 1.87. The van der Waals surface area contributed by atoms with E-state index in [4.69, 9.17) is 5.11 Å². The van der Waals surface area contributed by atoms with Crippen LogP contribution < -0.4 is 5.32 Å². The number of aromatic amines is 2. The van der Waals surface area contributed by atoms with Crippen LogP contribution in [-0.2, 0) is 0 Å². The smallest absolute Gasteiger partial charge is 0.353 e. The van der Waals surface area contributed by atoms with Crippen molar-refractivity contribution in [1.82, 2.24) is 15.2 Å². The zero-order valence-corrected chi connectivity index (χ0v) is 10.2. The number of hydrogen-bond acceptors (Lipinski definition) is 3. The Morgan fingerprint density at radius 3 is 2.80 bits per heavy atom. The van der Waals surface area contributed by atoms with E-state index in [1.807, 2.05) is 24.3 Å². The molecule has 7 nitrogen and oxygen atoms in total. The highest BCUT2D eigenvalue weighted by atomic mass is 16.4. The van der Waals surface area contributed by atoms with Crippen LogP contribution in [0.3, 0.4) is 0 Å². The van der Waals surface area contributed by atoms with E-state index >= 15 is 0 Å². The molecule has 3 aromatic rings. The highest BCUT2D eigenvalue weighted by Crippen LogP contribution is 2.18. The zero-order valence-electron chi connectivity index (χ0n) is 10.2. The lowest BCUT2D eigenvalue weighted by Crippen LogP contribution is -2.11. The fourth-order valence-electron chi connectivity index (χ4n) is 1.94. The second kappa shape index (κ2) is 4.54. The van der Waals surface area contributed by atoms with E-state index in [1.165, 1.54) is 6.07 Å². The summed E-state index contributed by atoms with van der Waals surface area (Å²) in [5.74, 6) is -1.33. The number of aromatic carboxylic acids is 1. The summed E-state index contributed by atoms with van der Waals surface area (Å²) in [5.41, 5.74) is 1.24. The predicted molar refractivity (Wildman–Crippen MR) is 71.8 cm³/mol. The lowest BCUT2D eigenvalue weighted by atomic mass is 10.1. The number of carboxylic acids is 1. The lowest BCUT2D eigenvalue weighted by Gasteiger charge is -1.99. The predicted octanol–water partition coefficient (Wildman–Crippen LogP) is 1.84. The minimum Gasteiger partial charge on any atom is -0.477 e. The van der Waals surface area contributed by atoms with E-state index < -0.39 is 5.97 Å². The van der Waals surface area contributed by atoms with Crippen molar-refractivity contribution in [3.8, 4) is 0 Å². The highest BCUT2D eigenvalue weighted by Gasteiger charge is 2.14. The Morgan fingerprint density at radius 2 is 2.05 bits per heavy atom. The number of hydrogen-bond donors (Lipinski definition) is 4. The number of anilines is 1. The van der Waals surface area contributed by atoms with Gasteiger partial charge in [0.1, 0.15) is 5.69 Å². The van der Waals surface area contributed by atoms with Crippen LogP contribution >= 0.6 is 0 Å². The van der Waals surface area contributed by atoms with Crippen molar-refractivity contribution >= 4 is 28.6 Å². The molecule has 0 bridgehead atoms. The van der Waals surface area contributed by atoms with Gasteiger partial charge in [-0.2, -0.15) is 5.10 Å². The molecule has 0 aliphatic carbocycles. The number of fused-ring (bicyclic) bond motifs is 1. The molecular weight excluding hydrogens is 260 g/mol. The van der Waals surface area contributed by atoms with Crippen molar-refractivity contribution in [3.05, 3.63) is 47.8 Å². The topological polar surface area (TPSA) is 111 Å². The van der Waals surface area contributed by atoms with Gasteiger partial charge in [0.25, 0.3) is 5.91 Å². The molecule has 2 aromatic heterocycles. The van der Waals surface area contributed by atoms with Crippen LogP contribution in [0.4, 0.5) is 5.82 Å². The van der Waals surface area contributed by atoms with Crippen LogP contribution in [0.2, 0.25) is 0 Å². The summed E-state index contributed by atoms with van der Waals surface area (Å²) < 4.78 is 0. The molecular formula is C13H10N4O3. The Hall–Kier alpha value is -3.09.